The van der Waals surface area contributed by atoms with Gasteiger partial charge in [-0.3, -0.25) is 4.79 Å². The fourth-order valence-corrected chi connectivity index (χ4v) is 3.52. The number of hydrogen-bond donors (Lipinski definition) is 1. The van der Waals surface area contributed by atoms with Gasteiger partial charge in [0.1, 0.15) is 0 Å². The minimum absolute atomic E-state index is 0.0704. The number of rotatable bonds is 3. The van der Waals surface area contributed by atoms with Crippen LogP contribution < -0.4 is 5.32 Å². The van der Waals surface area contributed by atoms with Crippen LogP contribution in [0, 0.1) is 12.8 Å². The number of carbonyl (C=O) groups excluding carboxylic acids is 1. The number of carbonyl (C=O) groups is 1. The number of aryl methyl sites for hydroxylation is 1. The second-order valence-electron chi connectivity index (χ2n) is 5.21. The minimum atomic E-state index is -0.0704. The van der Waals surface area contributed by atoms with Gasteiger partial charge in [-0.2, -0.15) is 0 Å². The van der Waals surface area contributed by atoms with Crippen LogP contribution in [0.2, 0.25) is 5.02 Å². The zero-order valence-electron chi connectivity index (χ0n) is 11.1. The van der Waals surface area contributed by atoms with Gasteiger partial charge in [-0.1, -0.05) is 52.5 Å². The number of amides is 1. The summed E-state index contributed by atoms with van der Waals surface area (Å²) in [5.41, 5.74) is 1.51. The van der Waals surface area contributed by atoms with Gasteiger partial charge in [-0.25, -0.2) is 0 Å². The monoisotopic (exact) mass is 343 g/mol. The highest BCUT2D eigenvalue weighted by molar-refractivity contribution is 9.09. The highest BCUT2D eigenvalue weighted by Crippen LogP contribution is 2.29. The van der Waals surface area contributed by atoms with Gasteiger partial charge in [0.2, 0.25) is 0 Å². The van der Waals surface area contributed by atoms with E-state index in [1.54, 1.807) is 6.07 Å². The lowest BCUT2D eigenvalue weighted by atomic mass is 9.89. The van der Waals surface area contributed by atoms with Crippen molar-refractivity contribution in [1.82, 2.24) is 5.32 Å². The van der Waals surface area contributed by atoms with Gasteiger partial charge in [0.25, 0.3) is 5.91 Å². The van der Waals surface area contributed by atoms with Crippen molar-refractivity contribution in [1.29, 1.82) is 0 Å². The van der Waals surface area contributed by atoms with Crippen LogP contribution in [0.25, 0.3) is 0 Å². The SMILES string of the molecule is Cc1cccc(C(=O)NCC2CCCCC2Br)c1Cl. The second kappa shape index (κ2) is 6.76. The molecule has 1 aromatic rings. The third kappa shape index (κ3) is 3.73. The van der Waals surface area contributed by atoms with Crippen molar-refractivity contribution in [2.45, 2.75) is 37.4 Å². The topological polar surface area (TPSA) is 29.1 Å². The van der Waals surface area contributed by atoms with Crippen molar-refractivity contribution >= 4 is 33.4 Å². The Kier molecular flexibility index (Phi) is 5.28. The Morgan fingerprint density at radius 1 is 1.42 bits per heavy atom. The van der Waals surface area contributed by atoms with Crippen LogP contribution in [-0.2, 0) is 0 Å². The molecule has 19 heavy (non-hydrogen) atoms. The number of nitrogens with one attached hydrogen (secondary N) is 1. The molecule has 0 saturated heterocycles. The van der Waals surface area contributed by atoms with Gasteiger partial charge in [-0.15, -0.1) is 0 Å². The maximum absolute atomic E-state index is 12.2. The van der Waals surface area contributed by atoms with E-state index in [-0.39, 0.29) is 5.91 Å². The number of hydrogen-bond acceptors (Lipinski definition) is 1. The summed E-state index contributed by atoms with van der Waals surface area (Å²) >= 11 is 9.88. The Bertz CT molecular complexity index is 463. The molecular weight excluding hydrogens is 326 g/mol. The van der Waals surface area contributed by atoms with Gasteiger partial charge in [0.05, 0.1) is 10.6 Å². The summed E-state index contributed by atoms with van der Waals surface area (Å²) in [5, 5.41) is 3.57. The summed E-state index contributed by atoms with van der Waals surface area (Å²) in [4.78, 5) is 12.7. The summed E-state index contributed by atoms with van der Waals surface area (Å²) in [6, 6.07) is 5.55. The summed E-state index contributed by atoms with van der Waals surface area (Å²) in [6.07, 6.45) is 4.92. The molecule has 1 fully saturated rings. The first-order valence-corrected chi connectivity index (χ1v) is 8.06. The van der Waals surface area contributed by atoms with E-state index in [9.17, 15) is 4.79 Å². The molecular formula is C15H19BrClNO. The van der Waals surface area contributed by atoms with Gasteiger partial charge in [-0.05, 0) is 37.3 Å². The Hall–Kier alpha value is -0.540. The van der Waals surface area contributed by atoms with Crippen molar-refractivity contribution in [2.75, 3.05) is 6.54 Å². The lowest BCUT2D eigenvalue weighted by molar-refractivity contribution is 0.0944. The van der Waals surface area contributed by atoms with E-state index >= 15 is 0 Å². The summed E-state index contributed by atoms with van der Waals surface area (Å²) in [7, 11) is 0. The Labute approximate surface area is 128 Å². The zero-order valence-corrected chi connectivity index (χ0v) is 13.4. The van der Waals surface area contributed by atoms with Gasteiger partial charge in [0.15, 0.2) is 0 Å². The average Bonchev–Trinajstić information content (AvgIpc) is 2.40. The molecule has 0 radical (unpaired) electrons. The number of benzene rings is 1. The van der Waals surface area contributed by atoms with E-state index in [0.717, 1.165) is 12.1 Å². The Morgan fingerprint density at radius 3 is 2.89 bits per heavy atom. The molecule has 0 aromatic heterocycles. The lowest BCUT2D eigenvalue weighted by Gasteiger charge is -2.27. The third-order valence-electron chi connectivity index (χ3n) is 3.78. The van der Waals surface area contributed by atoms with E-state index in [0.29, 0.717) is 21.3 Å². The zero-order chi connectivity index (χ0) is 13.8. The molecule has 0 spiro atoms. The first-order chi connectivity index (χ1) is 9.09. The largest absolute Gasteiger partial charge is 0.352 e. The molecule has 2 unspecified atom stereocenters. The van der Waals surface area contributed by atoms with Crippen LogP contribution >= 0.6 is 27.5 Å². The fourth-order valence-electron chi connectivity index (χ4n) is 2.53. The molecule has 0 aliphatic heterocycles. The lowest BCUT2D eigenvalue weighted by Crippen LogP contribution is -2.34. The molecule has 4 heteroatoms. The van der Waals surface area contributed by atoms with Crippen LogP contribution in [0.1, 0.15) is 41.6 Å². The fraction of sp³-hybridized carbons (Fsp3) is 0.533. The van der Waals surface area contributed by atoms with E-state index in [2.05, 4.69) is 21.2 Å². The molecule has 104 valence electrons. The predicted octanol–water partition coefficient (Wildman–Crippen LogP) is 4.33. The van der Waals surface area contributed by atoms with Gasteiger partial charge >= 0.3 is 0 Å². The third-order valence-corrected chi connectivity index (χ3v) is 5.48. The number of halogens is 2. The highest BCUT2D eigenvalue weighted by Gasteiger charge is 2.23. The molecule has 1 N–H and O–H groups in total. The first kappa shape index (κ1) is 14.9. The molecule has 0 bridgehead atoms. The van der Waals surface area contributed by atoms with Crippen molar-refractivity contribution in [3.05, 3.63) is 34.3 Å². The van der Waals surface area contributed by atoms with E-state index in [4.69, 9.17) is 11.6 Å². The normalized spacial score (nSPS) is 23.1. The quantitative estimate of drug-likeness (QED) is 0.812. The maximum Gasteiger partial charge on any atom is 0.252 e. The van der Waals surface area contributed by atoms with Crippen LogP contribution in [0.4, 0.5) is 0 Å². The van der Waals surface area contributed by atoms with Gasteiger partial charge in [0, 0.05) is 11.4 Å². The van der Waals surface area contributed by atoms with Crippen LogP contribution in [-0.4, -0.2) is 17.3 Å². The van der Waals surface area contributed by atoms with Gasteiger partial charge < -0.3 is 5.32 Å². The number of alkyl halides is 1. The van der Waals surface area contributed by atoms with Crippen LogP contribution in [0.3, 0.4) is 0 Å². The van der Waals surface area contributed by atoms with Crippen LogP contribution in [0.15, 0.2) is 18.2 Å². The molecule has 2 rings (SSSR count). The molecule has 1 saturated carbocycles. The second-order valence-corrected chi connectivity index (χ2v) is 6.76. The average molecular weight is 345 g/mol. The summed E-state index contributed by atoms with van der Waals surface area (Å²) in [6.45, 7) is 2.63. The van der Waals surface area contributed by atoms with E-state index in [1.807, 2.05) is 19.1 Å². The molecule has 1 aromatic carbocycles. The molecule has 1 amide bonds. The molecule has 2 atom stereocenters. The minimum Gasteiger partial charge on any atom is -0.352 e. The summed E-state index contributed by atoms with van der Waals surface area (Å²) in [5.74, 6) is 0.459. The van der Waals surface area contributed by atoms with Crippen molar-refractivity contribution in [3.8, 4) is 0 Å². The Balaban J connectivity index is 1.95. The predicted molar refractivity (Wildman–Crippen MR) is 83.2 cm³/mol. The van der Waals surface area contributed by atoms with Crippen molar-refractivity contribution in [2.24, 2.45) is 5.92 Å². The Morgan fingerprint density at radius 2 is 2.16 bits per heavy atom. The molecule has 1 aliphatic carbocycles. The molecule has 2 nitrogen and oxygen atoms in total. The smallest absolute Gasteiger partial charge is 0.252 e. The van der Waals surface area contributed by atoms with Crippen molar-refractivity contribution in [3.63, 3.8) is 0 Å². The molecule has 1 aliphatic rings. The van der Waals surface area contributed by atoms with E-state index in [1.165, 1.54) is 25.7 Å². The standard InChI is InChI=1S/C15H19BrClNO/c1-10-5-4-7-12(14(10)17)15(19)18-9-11-6-2-3-8-13(11)16/h4-5,7,11,13H,2-3,6,8-9H2,1H3,(H,18,19). The van der Waals surface area contributed by atoms with E-state index < -0.39 is 0 Å². The highest BCUT2D eigenvalue weighted by atomic mass is 79.9. The summed E-state index contributed by atoms with van der Waals surface area (Å²) < 4.78 is 0. The molecule has 0 heterocycles. The maximum atomic E-state index is 12.2. The van der Waals surface area contributed by atoms with Crippen molar-refractivity contribution < 1.29 is 4.79 Å². The first-order valence-electron chi connectivity index (χ1n) is 6.77. The van der Waals surface area contributed by atoms with Crippen LogP contribution in [0.5, 0.6) is 0 Å².